The minimum Gasteiger partial charge on any atom is -0.323 e. The number of aromatic nitrogens is 1. The molecule has 0 aliphatic heterocycles. The monoisotopic (exact) mass is 172 g/mol. The van der Waals surface area contributed by atoms with Gasteiger partial charge in [0.15, 0.2) is 0 Å². The molecule has 0 spiro atoms. The van der Waals surface area contributed by atoms with E-state index in [2.05, 4.69) is 4.98 Å². The number of hydrogen-bond acceptors (Lipinski definition) is 2. The number of aryl methyl sites for hydroxylation is 1. The highest BCUT2D eigenvalue weighted by Crippen LogP contribution is 2.09. The van der Waals surface area contributed by atoms with Crippen LogP contribution in [0, 0.1) is 6.92 Å². The smallest absolute Gasteiger partial charge is 0.0597 e. The van der Waals surface area contributed by atoms with Crippen LogP contribution in [0.2, 0.25) is 0 Å². The molecule has 0 aliphatic rings. The van der Waals surface area contributed by atoms with Crippen molar-refractivity contribution < 1.29 is 0 Å². The zero-order valence-electron chi connectivity index (χ0n) is 6.74. The van der Waals surface area contributed by atoms with Gasteiger partial charge in [0.25, 0.3) is 0 Å². The third-order valence-electron chi connectivity index (χ3n) is 1.48. The summed E-state index contributed by atoms with van der Waals surface area (Å²) < 4.78 is 0. The van der Waals surface area contributed by atoms with Crippen molar-refractivity contribution in [3.63, 3.8) is 0 Å². The van der Waals surface area contributed by atoms with E-state index in [9.17, 15) is 0 Å². The predicted molar refractivity (Wildman–Crippen MR) is 48.8 cm³/mol. The molecular weight excluding hydrogens is 160 g/mol. The highest BCUT2D eigenvalue weighted by molar-refractivity contribution is 5.85. The highest BCUT2D eigenvalue weighted by atomic mass is 35.5. The first-order valence-corrected chi connectivity index (χ1v) is 3.39. The fraction of sp³-hybridized carbons (Fsp3) is 0.375. The van der Waals surface area contributed by atoms with Crippen molar-refractivity contribution in [2.24, 2.45) is 5.73 Å². The normalized spacial score (nSPS) is 11.9. The largest absolute Gasteiger partial charge is 0.323 e. The molecular formula is C8H13ClN2. The second kappa shape index (κ2) is 4.31. The maximum Gasteiger partial charge on any atom is 0.0597 e. The number of nitrogens with two attached hydrogens (primary N) is 1. The molecule has 0 unspecified atom stereocenters. The Balaban J connectivity index is 0.000001000. The second-order valence-electron chi connectivity index (χ2n) is 2.49. The van der Waals surface area contributed by atoms with Crippen LogP contribution in [0.5, 0.6) is 0 Å². The van der Waals surface area contributed by atoms with Gasteiger partial charge in [0.1, 0.15) is 0 Å². The van der Waals surface area contributed by atoms with E-state index in [1.807, 2.05) is 26.0 Å². The summed E-state index contributed by atoms with van der Waals surface area (Å²) in [7, 11) is 0. The van der Waals surface area contributed by atoms with E-state index >= 15 is 0 Å². The molecule has 0 fully saturated rings. The molecule has 3 heteroatoms. The molecule has 1 heterocycles. The lowest BCUT2D eigenvalue weighted by Crippen LogP contribution is -2.08. The lowest BCUT2D eigenvalue weighted by Gasteiger charge is -2.06. The third-order valence-corrected chi connectivity index (χ3v) is 1.48. The van der Waals surface area contributed by atoms with E-state index in [4.69, 9.17) is 5.73 Å². The Kier molecular flexibility index (Phi) is 4.08. The standard InChI is InChI=1S/C8H12N2.ClH/c1-6-4-3-5-10-8(6)7(2)9;/h3-5,7H,9H2,1-2H3;1H/t7-;/m1./s1. The molecule has 1 rings (SSSR count). The Morgan fingerprint density at radius 1 is 1.55 bits per heavy atom. The van der Waals surface area contributed by atoms with Crippen LogP contribution in [-0.4, -0.2) is 4.98 Å². The zero-order chi connectivity index (χ0) is 7.56. The van der Waals surface area contributed by atoms with E-state index in [1.165, 1.54) is 0 Å². The molecule has 0 amide bonds. The quantitative estimate of drug-likeness (QED) is 0.702. The molecule has 0 radical (unpaired) electrons. The van der Waals surface area contributed by atoms with Crippen molar-refractivity contribution in [1.29, 1.82) is 0 Å². The van der Waals surface area contributed by atoms with Gasteiger partial charge in [-0.1, -0.05) is 6.07 Å². The van der Waals surface area contributed by atoms with Gasteiger partial charge in [-0.2, -0.15) is 0 Å². The van der Waals surface area contributed by atoms with Crippen LogP contribution < -0.4 is 5.73 Å². The van der Waals surface area contributed by atoms with E-state index in [1.54, 1.807) is 6.20 Å². The van der Waals surface area contributed by atoms with Crippen LogP contribution in [0.25, 0.3) is 0 Å². The van der Waals surface area contributed by atoms with Gasteiger partial charge in [0, 0.05) is 12.2 Å². The topological polar surface area (TPSA) is 38.9 Å². The summed E-state index contributed by atoms with van der Waals surface area (Å²) in [5.74, 6) is 0. The lowest BCUT2D eigenvalue weighted by molar-refractivity contribution is 0.772. The van der Waals surface area contributed by atoms with Crippen LogP contribution in [0.4, 0.5) is 0 Å². The van der Waals surface area contributed by atoms with Crippen LogP contribution in [0.3, 0.4) is 0 Å². The Hall–Kier alpha value is -0.600. The molecule has 2 N–H and O–H groups in total. The first kappa shape index (κ1) is 10.4. The summed E-state index contributed by atoms with van der Waals surface area (Å²) in [6.07, 6.45) is 1.77. The van der Waals surface area contributed by atoms with E-state index in [0.717, 1.165) is 11.3 Å². The van der Waals surface area contributed by atoms with E-state index in [0.29, 0.717) is 0 Å². The summed E-state index contributed by atoms with van der Waals surface area (Å²) >= 11 is 0. The highest BCUT2D eigenvalue weighted by Gasteiger charge is 2.01. The van der Waals surface area contributed by atoms with Crippen molar-refractivity contribution in [3.8, 4) is 0 Å². The van der Waals surface area contributed by atoms with Gasteiger partial charge in [-0.05, 0) is 25.5 Å². The predicted octanol–water partition coefficient (Wildman–Crippen LogP) is 1.83. The number of rotatable bonds is 1. The molecule has 11 heavy (non-hydrogen) atoms. The molecule has 62 valence electrons. The Bertz CT molecular complexity index is 223. The lowest BCUT2D eigenvalue weighted by atomic mass is 10.1. The number of pyridine rings is 1. The van der Waals surface area contributed by atoms with Crippen molar-refractivity contribution in [2.75, 3.05) is 0 Å². The number of nitrogens with zero attached hydrogens (tertiary/aromatic N) is 1. The van der Waals surface area contributed by atoms with Gasteiger partial charge >= 0.3 is 0 Å². The van der Waals surface area contributed by atoms with Crippen LogP contribution in [-0.2, 0) is 0 Å². The van der Waals surface area contributed by atoms with E-state index < -0.39 is 0 Å². The Morgan fingerprint density at radius 3 is 2.55 bits per heavy atom. The number of hydrogen-bond donors (Lipinski definition) is 1. The maximum atomic E-state index is 5.65. The molecule has 1 aromatic heterocycles. The summed E-state index contributed by atoms with van der Waals surface area (Å²) in [6, 6.07) is 3.98. The number of halogens is 1. The summed E-state index contributed by atoms with van der Waals surface area (Å²) in [5, 5.41) is 0. The van der Waals surface area contributed by atoms with Crippen molar-refractivity contribution in [3.05, 3.63) is 29.6 Å². The molecule has 1 atom stereocenters. The average molecular weight is 173 g/mol. The molecule has 0 saturated carbocycles. The molecule has 0 aliphatic carbocycles. The fourth-order valence-electron chi connectivity index (χ4n) is 0.975. The minimum absolute atomic E-state index is 0. The Morgan fingerprint density at radius 2 is 2.18 bits per heavy atom. The second-order valence-corrected chi connectivity index (χ2v) is 2.49. The summed E-state index contributed by atoms with van der Waals surface area (Å²) in [5.41, 5.74) is 7.80. The maximum absolute atomic E-state index is 5.65. The van der Waals surface area contributed by atoms with Crippen LogP contribution in [0.15, 0.2) is 18.3 Å². The molecule has 0 bridgehead atoms. The molecule has 1 aromatic rings. The average Bonchev–Trinajstić information content (AvgIpc) is 1.88. The van der Waals surface area contributed by atoms with Crippen LogP contribution >= 0.6 is 12.4 Å². The SMILES string of the molecule is Cc1cccnc1[C@@H](C)N.Cl. The van der Waals surface area contributed by atoms with Gasteiger partial charge in [-0.25, -0.2) is 0 Å². The molecule has 2 nitrogen and oxygen atoms in total. The Labute approximate surface area is 73.2 Å². The zero-order valence-corrected chi connectivity index (χ0v) is 7.56. The fourth-order valence-corrected chi connectivity index (χ4v) is 0.975. The van der Waals surface area contributed by atoms with Gasteiger partial charge in [0.05, 0.1) is 5.69 Å². The van der Waals surface area contributed by atoms with E-state index in [-0.39, 0.29) is 18.4 Å². The van der Waals surface area contributed by atoms with Gasteiger partial charge < -0.3 is 5.73 Å². The van der Waals surface area contributed by atoms with Gasteiger partial charge in [0.2, 0.25) is 0 Å². The van der Waals surface area contributed by atoms with Crippen molar-refractivity contribution >= 4 is 12.4 Å². The third kappa shape index (κ3) is 2.48. The van der Waals surface area contributed by atoms with Crippen molar-refractivity contribution in [2.45, 2.75) is 19.9 Å². The first-order valence-electron chi connectivity index (χ1n) is 3.39. The molecule has 0 aromatic carbocycles. The molecule has 0 saturated heterocycles. The van der Waals surface area contributed by atoms with Crippen molar-refractivity contribution in [1.82, 2.24) is 4.98 Å². The minimum atomic E-state index is 0. The van der Waals surface area contributed by atoms with Gasteiger partial charge in [-0.15, -0.1) is 12.4 Å². The summed E-state index contributed by atoms with van der Waals surface area (Å²) in [4.78, 5) is 4.15. The van der Waals surface area contributed by atoms with Crippen LogP contribution in [0.1, 0.15) is 24.2 Å². The first-order chi connectivity index (χ1) is 4.72. The van der Waals surface area contributed by atoms with Gasteiger partial charge in [-0.3, -0.25) is 4.98 Å². The summed E-state index contributed by atoms with van der Waals surface area (Å²) in [6.45, 7) is 3.96.